The Kier molecular flexibility index (Phi) is 5.87. The van der Waals surface area contributed by atoms with Crippen LogP contribution in [0.4, 0.5) is 5.69 Å². The van der Waals surface area contributed by atoms with Gasteiger partial charge in [0.2, 0.25) is 5.91 Å². The van der Waals surface area contributed by atoms with Crippen LogP contribution in [-0.2, 0) is 22.6 Å². The lowest BCUT2D eigenvalue weighted by atomic mass is 10.2. The molecule has 5 nitrogen and oxygen atoms in total. The maximum absolute atomic E-state index is 11.5. The van der Waals surface area contributed by atoms with E-state index in [2.05, 4.69) is 15.6 Å². The molecule has 110 valence electrons. The molecule has 2 N–H and O–H groups in total. The van der Waals surface area contributed by atoms with Crippen LogP contribution in [0.2, 0.25) is 0 Å². The molecule has 2 aromatic rings. The number of carbonyl (C=O) groups excluding carboxylic acids is 1. The van der Waals surface area contributed by atoms with Gasteiger partial charge in [0.15, 0.2) is 0 Å². The van der Waals surface area contributed by atoms with Crippen molar-refractivity contribution in [3.05, 3.63) is 59.9 Å². The Bertz CT molecular complexity index is 573. The zero-order valence-electron chi connectivity index (χ0n) is 12.0. The minimum Gasteiger partial charge on any atom is -0.375 e. The summed E-state index contributed by atoms with van der Waals surface area (Å²) in [6.07, 6.45) is 1.78. The van der Waals surface area contributed by atoms with Crippen molar-refractivity contribution in [3.8, 4) is 0 Å². The predicted molar refractivity (Wildman–Crippen MR) is 81.7 cm³/mol. The molecule has 0 aliphatic carbocycles. The molecule has 0 aliphatic heterocycles. The molecule has 0 bridgehead atoms. The Morgan fingerprint density at radius 1 is 1.19 bits per heavy atom. The van der Waals surface area contributed by atoms with Crippen molar-refractivity contribution in [2.24, 2.45) is 0 Å². The first kappa shape index (κ1) is 15.2. The Hall–Kier alpha value is -2.24. The Morgan fingerprint density at radius 2 is 2.10 bits per heavy atom. The van der Waals surface area contributed by atoms with E-state index in [9.17, 15) is 4.79 Å². The highest BCUT2D eigenvalue weighted by Crippen LogP contribution is 2.10. The Labute approximate surface area is 124 Å². The van der Waals surface area contributed by atoms with Crippen molar-refractivity contribution >= 4 is 11.6 Å². The molecule has 21 heavy (non-hydrogen) atoms. The van der Waals surface area contributed by atoms with E-state index in [0.29, 0.717) is 13.1 Å². The number of nitrogens with zero attached hydrogens (tertiary/aromatic N) is 1. The monoisotopic (exact) mass is 285 g/mol. The molecule has 0 aliphatic rings. The summed E-state index contributed by atoms with van der Waals surface area (Å²) >= 11 is 0. The molecule has 0 atom stereocenters. The van der Waals surface area contributed by atoms with Crippen LogP contribution in [0.25, 0.3) is 0 Å². The van der Waals surface area contributed by atoms with Gasteiger partial charge in [-0.3, -0.25) is 9.78 Å². The van der Waals surface area contributed by atoms with Gasteiger partial charge in [0.25, 0.3) is 0 Å². The number of amides is 1. The fourth-order valence-corrected chi connectivity index (χ4v) is 1.92. The molecule has 0 fully saturated rings. The summed E-state index contributed by atoms with van der Waals surface area (Å²) in [5.74, 6) is -0.156. The van der Waals surface area contributed by atoms with Gasteiger partial charge in [-0.15, -0.1) is 0 Å². The number of ether oxygens (including phenoxy) is 1. The largest absolute Gasteiger partial charge is 0.375 e. The molecule has 1 amide bonds. The van der Waals surface area contributed by atoms with Crippen LogP contribution in [0.5, 0.6) is 0 Å². The van der Waals surface area contributed by atoms with Crippen molar-refractivity contribution in [1.82, 2.24) is 10.3 Å². The number of hydrogen-bond donors (Lipinski definition) is 2. The van der Waals surface area contributed by atoms with E-state index >= 15 is 0 Å². The molecule has 2 rings (SSSR count). The zero-order valence-corrected chi connectivity index (χ0v) is 12.0. The molecular weight excluding hydrogens is 266 g/mol. The number of methoxy groups -OCH3 is 1. The maximum atomic E-state index is 11.5. The van der Waals surface area contributed by atoms with Crippen molar-refractivity contribution in [1.29, 1.82) is 0 Å². The van der Waals surface area contributed by atoms with Crippen molar-refractivity contribution in [2.45, 2.75) is 13.1 Å². The fourth-order valence-electron chi connectivity index (χ4n) is 1.92. The summed E-state index contributed by atoms with van der Waals surface area (Å²) in [6, 6.07) is 13.6. The van der Waals surface area contributed by atoms with Crippen molar-refractivity contribution < 1.29 is 9.53 Å². The number of anilines is 1. The Balaban J connectivity index is 1.85. The smallest absolute Gasteiger partial charge is 0.250 e. The van der Waals surface area contributed by atoms with Crippen LogP contribution in [0.3, 0.4) is 0 Å². The van der Waals surface area contributed by atoms with Crippen molar-refractivity contribution in [2.75, 3.05) is 19.0 Å². The lowest BCUT2D eigenvalue weighted by Gasteiger charge is -2.08. The van der Waals surface area contributed by atoms with E-state index in [1.54, 1.807) is 6.20 Å². The average Bonchev–Trinajstić information content (AvgIpc) is 2.49. The number of carbonyl (C=O) groups is 1. The van der Waals surface area contributed by atoms with Crippen molar-refractivity contribution in [3.63, 3.8) is 0 Å². The van der Waals surface area contributed by atoms with Crippen LogP contribution < -0.4 is 10.6 Å². The van der Waals surface area contributed by atoms with E-state index in [4.69, 9.17) is 4.74 Å². The second-order valence-electron chi connectivity index (χ2n) is 4.61. The van der Waals surface area contributed by atoms with E-state index < -0.39 is 0 Å². The van der Waals surface area contributed by atoms with Gasteiger partial charge in [-0.2, -0.15) is 0 Å². The van der Waals surface area contributed by atoms with E-state index in [-0.39, 0.29) is 12.5 Å². The summed E-state index contributed by atoms with van der Waals surface area (Å²) in [5.41, 5.74) is 2.87. The number of benzene rings is 1. The maximum Gasteiger partial charge on any atom is 0.250 e. The van der Waals surface area contributed by atoms with E-state index in [1.807, 2.05) is 42.5 Å². The summed E-state index contributed by atoms with van der Waals surface area (Å²) in [6.45, 7) is 1.48. The molecule has 1 aromatic carbocycles. The quantitative estimate of drug-likeness (QED) is 0.816. The second-order valence-corrected chi connectivity index (χ2v) is 4.61. The topological polar surface area (TPSA) is 63.2 Å². The van der Waals surface area contributed by atoms with E-state index in [1.165, 1.54) is 7.11 Å². The third-order valence-electron chi connectivity index (χ3n) is 2.85. The molecule has 1 heterocycles. The van der Waals surface area contributed by atoms with Gasteiger partial charge in [0, 0.05) is 32.1 Å². The van der Waals surface area contributed by atoms with Gasteiger partial charge < -0.3 is 15.4 Å². The molecule has 0 unspecified atom stereocenters. The minimum atomic E-state index is -0.156. The highest BCUT2D eigenvalue weighted by molar-refractivity contribution is 5.91. The van der Waals surface area contributed by atoms with Crippen LogP contribution in [-0.4, -0.2) is 24.6 Å². The first-order valence-electron chi connectivity index (χ1n) is 6.76. The summed E-state index contributed by atoms with van der Waals surface area (Å²) < 4.78 is 4.79. The van der Waals surface area contributed by atoms with Gasteiger partial charge in [-0.05, 0) is 29.8 Å². The molecule has 5 heteroatoms. The first-order chi connectivity index (χ1) is 10.3. The highest BCUT2D eigenvalue weighted by atomic mass is 16.5. The number of hydrogen-bond acceptors (Lipinski definition) is 4. The molecule has 0 saturated heterocycles. The summed E-state index contributed by atoms with van der Waals surface area (Å²) in [5, 5.41) is 6.11. The predicted octanol–water partition coefficient (Wildman–Crippen LogP) is 1.96. The molecular formula is C16H19N3O2. The summed E-state index contributed by atoms with van der Waals surface area (Å²) in [4.78, 5) is 15.7. The first-order valence-corrected chi connectivity index (χ1v) is 6.76. The number of aromatic nitrogens is 1. The number of rotatable bonds is 7. The standard InChI is InChI=1S/C16H19N3O2/c1-21-12-16(20)19-14-7-4-5-13(9-14)10-17-11-15-6-2-3-8-18-15/h2-9,17H,10-12H2,1H3,(H,19,20). The molecule has 0 spiro atoms. The Morgan fingerprint density at radius 3 is 2.86 bits per heavy atom. The number of nitrogens with one attached hydrogen (secondary N) is 2. The lowest BCUT2D eigenvalue weighted by Crippen LogP contribution is -2.17. The third kappa shape index (κ3) is 5.33. The van der Waals surface area contributed by atoms with Crippen LogP contribution in [0.1, 0.15) is 11.3 Å². The number of pyridine rings is 1. The second kappa shape index (κ2) is 8.14. The molecule has 0 saturated carbocycles. The van der Waals surface area contributed by atoms with Crippen LogP contribution in [0.15, 0.2) is 48.7 Å². The van der Waals surface area contributed by atoms with Crippen LogP contribution >= 0.6 is 0 Å². The lowest BCUT2D eigenvalue weighted by molar-refractivity contribution is -0.119. The fraction of sp³-hybridized carbons (Fsp3) is 0.250. The normalized spacial score (nSPS) is 10.3. The van der Waals surface area contributed by atoms with Gasteiger partial charge in [0.1, 0.15) is 6.61 Å². The van der Waals surface area contributed by atoms with Gasteiger partial charge in [-0.1, -0.05) is 18.2 Å². The summed E-state index contributed by atoms with van der Waals surface area (Å²) in [7, 11) is 1.50. The van der Waals surface area contributed by atoms with Crippen LogP contribution in [0, 0.1) is 0 Å². The van der Waals surface area contributed by atoms with Gasteiger partial charge in [-0.25, -0.2) is 0 Å². The minimum absolute atomic E-state index is 0.0577. The van der Waals surface area contributed by atoms with Gasteiger partial charge in [0.05, 0.1) is 5.69 Å². The van der Waals surface area contributed by atoms with E-state index in [0.717, 1.165) is 16.9 Å². The highest BCUT2D eigenvalue weighted by Gasteiger charge is 2.02. The SMILES string of the molecule is COCC(=O)Nc1cccc(CNCc2ccccn2)c1. The average molecular weight is 285 g/mol. The molecule has 0 radical (unpaired) electrons. The zero-order chi connectivity index (χ0) is 14.9. The molecule has 1 aromatic heterocycles. The third-order valence-corrected chi connectivity index (χ3v) is 2.85. The van der Waals surface area contributed by atoms with Gasteiger partial charge >= 0.3 is 0 Å².